The maximum Gasteiger partial charge on any atom is 0.143 e. The Labute approximate surface area is 203 Å². The van der Waals surface area contributed by atoms with Gasteiger partial charge < -0.3 is 4.42 Å². The van der Waals surface area contributed by atoms with Crippen LogP contribution in [0.1, 0.15) is 0 Å². The molecule has 7 aromatic rings. The summed E-state index contributed by atoms with van der Waals surface area (Å²) in [4.78, 5) is 0. The number of furan rings is 1. The van der Waals surface area contributed by atoms with Gasteiger partial charge in [0.05, 0.1) is 0 Å². The molecule has 0 N–H and O–H groups in total. The number of hydrogen-bond donors (Lipinski definition) is 0. The summed E-state index contributed by atoms with van der Waals surface area (Å²) in [5.41, 5.74) is 6.86. The molecule has 0 aliphatic rings. The molecule has 0 aliphatic carbocycles. The zero-order valence-electron chi connectivity index (χ0n) is 19.1. The van der Waals surface area contributed by atoms with Crippen LogP contribution in [0.25, 0.3) is 66.1 Å². The standard InChI is InChI=1S/C34H22O/c1-3-13-23(14-4-1)31-25-17-7-9-19-27(25)32(28-20-10-8-18-26(28)31)33-29-21-11-12-22-30(29)35-34(33)24-15-5-2-6-16-24/h1-22H. The molecule has 1 heteroatoms. The molecule has 0 aliphatic heterocycles. The lowest BCUT2D eigenvalue weighted by molar-refractivity contribution is 0.632. The Bertz CT molecular complexity index is 1770. The minimum Gasteiger partial charge on any atom is -0.455 e. The van der Waals surface area contributed by atoms with Crippen molar-refractivity contribution in [3.63, 3.8) is 0 Å². The van der Waals surface area contributed by atoms with Gasteiger partial charge in [0.2, 0.25) is 0 Å². The first-order valence-electron chi connectivity index (χ1n) is 12.0. The molecule has 35 heavy (non-hydrogen) atoms. The predicted octanol–water partition coefficient (Wildman–Crippen LogP) is 9.74. The second-order valence-corrected chi connectivity index (χ2v) is 8.88. The second-order valence-electron chi connectivity index (χ2n) is 8.88. The largest absolute Gasteiger partial charge is 0.455 e. The van der Waals surface area contributed by atoms with Crippen molar-refractivity contribution in [1.29, 1.82) is 0 Å². The SMILES string of the molecule is c1ccc(-c2oc3ccccc3c2-c2c3ccccc3c(-c3ccccc3)c3ccccc23)cc1. The van der Waals surface area contributed by atoms with E-state index in [2.05, 4.69) is 121 Å². The monoisotopic (exact) mass is 446 g/mol. The molecular formula is C34H22O. The minimum absolute atomic E-state index is 0.904. The lowest BCUT2D eigenvalue weighted by atomic mass is 9.84. The zero-order valence-corrected chi connectivity index (χ0v) is 19.1. The van der Waals surface area contributed by atoms with E-state index in [9.17, 15) is 0 Å². The third kappa shape index (κ3) is 3.09. The third-order valence-electron chi connectivity index (χ3n) is 6.88. The summed E-state index contributed by atoms with van der Waals surface area (Å²) in [6.45, 7) is 0. The Morgan fingerprint density at radius 1 is 0.314 bits per heavy atom. The highest BCUT2D eigenvalue weighted by molar-refractivity contribution is 6.24. The molecule has 164 valence electrons. The van der Waals surface area contributed by atoms with E-state index in [1.165, 1.54) is 38.2 Å². The molecule has 1 heterocycles. The first kappa shape index (κ1) is 19.8. The van der Waals surface area contributed by atoms with Gasteiger partial charge in [0, 0.05) is 22.1 Å². The first-order chi connectivity index (χ1) is 17.4. The smallest absolute Gasteiger partial charge is 0.143 e. The van der Waals surface area contributed by atoms with Gasteiger partial charge in [0.1, 0.15) is 11.3 Å². The summed E-state index contributed by atoms with van der Waals surface area (Å²) in [6, 6.07) is 47.1. The van der Waals surface area contributed by atoms with Crippen molar-refractivity contribution < 1.29 is 4.42 Å². The summed E-state index contributed by atoms with van der Waals surface area (Å²) in [6.07, 6.45) is 0. The highest BCUT2D eigenvalue weighted by Crippen LogP contribution is 2.49. The number of rotatable bonds is 3. The zero-order chi connectivity index (χ0) is 23.2. The molecule has 1 aromatic heterocycles. The van der Waals surface area contributed by atoms with Crippen LogP contribution in [0.5, 0.6) is 0 Å². The van der Waals surface area contributed by atoms with Gasteiger partial charge in [-0.1, -0.05) is 127 Å². The van der Waals surface area contributed by atoms with E-state index < -0.39 is 0 Å². The van der Waals surface area contributed by atoms with Crippen molar-refractivity contribution in [1.82, 2.24) is 0 Å². The molecule has 0 spiro atoms. The van der Waals surface area contributed by atoms with Gasteiger partial charge in [-0.25, -0.2) is 0 Å². The van der Waals surface area contributed by atoms with Crippen LogP contribution in [0, 0.1) is 0 Å². The van der Waals surface area contributed by atoms with Crippen molar-refractivity contribution in [3.05, 3.63) is 133 Å². The number of fused-ring (bicyclic) bond motifs is 3. The van der Waals surface area contributed by atoms with Gasteiger partial charge in [-0.15, -0.1) is 0 Å². The third-order valence-corrected chi connectivity index (χ3v) is 6.88. The topological polar surface area (TPSA) is 13.1 Å². The van der Waals surface area contributed by atoms with Crippen LogP contribution in [0.3, 0.4) is 0 Å². The summed E-state index contributed by atoms with van der Waals surface area (Å²) >= 11 is 0. The van der Waals surface area contributed by atoms with Crippen LogP contribution in [0.2, 0.25) is 0 Å². The maximum absolute atomic E-state index is 6.55. The van der Waals surface area contributed by atoms with E-state index in [1.54, 1.807) is 0 Å². The van der Waals surface area contributed by atoms with Gasteiger partial charge in [-0.3, -0.25) is 0 Å². The Morgan fingerprint density at radius 3 is 1.31 bits per heavy atom. The minimum atomic E-state index is 0.904. The van der Waals surface area contributed by atoms with E-state index in [0.717, 1.165) is 27.9 Å². The first-order valence-corrected chi connectivity index (χ1v) is 12.0. The van der Waals surface area contributed by atoms with Gasteiger partial charge >= 0.3 is 0 Å². The van der Waals surface area contributed by atoms with Crippen molar-refractivity contribution in [2.24, 2.45) is 0 Å². The Morgan fingerprint density at radius 2 is 0.743 bits per heavy atom. The van der Waals surface area contributed by atoms with E-state index >= 15 is 0 Å². The van der Waals surface area contributed by atoms with Gasteiger partial charge in [-0.2, -0.15) is 0 Å². The average molecular weight is 447 g/mol. The molecule has 1 nitrogen and oxygen atoms in total. The summed E-state index contributed by atoms with van der Waals surface area (Å²) in [5.74, 6) is 0.912. The van der Waals surface area contributed by atoms with Crippen molar-refractivity contribution in [2.75, 3.05) is 0 Å². The Hall–Kier alpha value is -4.62. The fraction of sp³-hybridized carbons (Fsp3) is 0. The fourth-order valence-corrected chi connectivity index (χ4v) is 5.40. The normalized spacial score (nSPS) is 11.4. The molecule has 0 unspecified atom stereocenters. The highest BCUT2D eigenvalue weighted by Gasteiger charge is 2.23. The molecule has 0 fully saturated rings. The predicted molar refractivity (Wildman–Crippen MR) is 148 cm³/mol. The molecule has 0 saturated heterocycles. The average Bonchev–Trinajstić information content (AvgIpc) is 3.32. The Balaban J connectivity index is 1.70. The molecule has 6 aromatic carbocycles. The quantitative estimate of drug-likeness (QED) is 0.246. The van der Waals surface area contributed by atoms with E-state index in [4.69, 9.17) is 4.42 Å². The second kappa shape index (κ2) is 8.00. The molecule has 0 atom stereocenters. The lowest BCUT2D eigenvalue weighted by Crippen LogP contribution is -1.91. The van der Waals surface area contributed by atoms with Gasteiger partial charge in [-0.05, 0) is 38.7 Å². The van der Waals surface area contributed by atoms with Crippen LogP contribution in [-0.2, 0) is 0 Å². The number of benzene rings is 6. The van der Waals surface area contributed by atoms with Crippen molar-refractivity contribution >= 4 is 32.5 Å². The van der Waals surface area contributed by atoms with Gasteiger partial charge in [0.15, 0.2) is 0 Å². The van der Waals surface area contributed by atoms with E-state index in [-0.39, 0.29) is 0 Å². The summed E-state index contributed by atoms with van der Waals surface area (Å²) in [7, 11) is 0. The van der Waals surface area contributed by atoms with Gasteiger partial charge in [0.25, 0.3) is 0 Å². The molecule has 0 amide bonds. The molecule has 0 saturated carbocycles. The van der Waals surface area contributed by atoms with Crippen LogP contribution in [0.15, 0.2) is 138 Å². The fourth-order valence-electron chi connectivity index (χ4n) is 5.40. The molecule has 7 rings (SSSR count). The van der Waals surface area contributed by atoms with Crippen LogP contribution < -0.4 is 0 Å². The van der Waals surface area contributed by atoms with Crippen molar-refractivity contribution in [2.45, 2.75) is 0 Å². The summed E-state index contributed by atoms with van der Waals surface area (Å²) < 4.78 is 6.55. The van der Waals surface area contributed by atoms with E-state index in [1.807, 2.05) is 12.1 Å². The number of para-hydroxylation sites is 1. The molecular weight excluding hydrogens is 424 g/mol. The van der Waals surface area contributed by atoms with Crippen LogP contribution in [0.4, 0.5) is 0 Å². The molecule has 0 radical (unpaired) electrons. The van der Waals surface area contributed by atoms with Crippen LogP contribution in [-0.4, -0.2) is 0 Å². The highest BCUT2D eigenvalue weighted by atomic mass is 16.3. The Kier molecular flexibility index (Phi) is 4.53. The molecule has 0 bridgehead atoms. The maximum atomic E-state index is 6.55. The van der Waals surface area contributed by atoms with Crippen molar-refractivity contribution in [3.8, 4) is 33.6 Å². The number of hydrogen-bond acceptors (Lipinski definition) is 1. The van der Waals surface area contributed by atoms with Crippen LogP contribution >= 0.6 is 0 Å². The summed E-state index contributed by atoms with van der Waals surface area (Å²) in [5, 5.41) is 6.09. The lowest BCUT2D eigenvalue weighted by Gasteiger charge is -2.18. The van der Waals surface area contributed by atoms with E-state index in [0.29, 0.717) is 0 Å².